The van der Waals surface area contributed by atoms with Crippen molar-refractivity contribution in [2.45, 2.75) is 37.6 Å². The molecule has 2 N–H and O–H groups in total. The molecule has 0 radical (unpaired) electrons. The summed E-state index contributed by atoms with van der Waals surface area (Å²) in [4.78, 5) is 30.0. The second kappa shape index (κ2) is 10.00. The maximum absolute atomic E-state index is 13.3. The van der Waals surface area contributed by atoms with E-state index in [1.54, 1.807) is 25.6 Å². The van der Waals surface area contributed by atoms with Gasteiger partial charge in [0.15, 0.2) is 11.6 Å². The molecule has 1 saturated carbocycles. The van der Waals surface area contributed by atoms with Crippen molar-refractivity contribution in [3.63, 3.8) is 0 Å². The maximum Gasteiger partial charge on any atom is 0.255 e. The van der Waals surface area contributed by atoms with Gasteiger partial charge >= 0.3 is 0 Å². The molecule has 2 aliphatic heterocycles. The molecule has 0 spiro atoms. The number of H-pyrrole nitrogens is 1. The first kappa shape index (κ1) is 23.7. The van der Waals surface area contributed by atoms with Crippen molar-refractivity contribution in [2.75, 3.05) is 51.8 Å². The minimum absolute atomic E-state index is 0.0243. The number of aromatic nitrogens is 3. The summed E-state index contributed by atoms with van der Waals surface area (Å²) in [5, 5.41) is 13.6. The number of anilines is 2. The number of pyridine rings is 2. The summed E-state index contributed by atoms with van der Waals surface area (Å²) in [6.07, 6.45) is 7.47. The molecule has 3 fully saturated rings. The zero-order chi connectivity index (χ0) is 25.4. The van der Waals surface area contributed by atoms with E-state index in [1.807, 2.05) is 11.0 Å². The van der Waals surface area contributed by atoms with Gasteiger partial charge in [-0.2, -0.15) is 5.26 Å². The Balaban J connectivity index is 1.17. The van der Waals surface area contributed by atoms with E-state index in [1.165, 1.54) is 0 Å². The van der Waals surface area contributed by atoms with Crippen LogP contribution in [-0.4, -0.2) is 83.2 Å². The summed E-state index contributed by atoms with van der Waals surface area (Å²) >= 11 is 0. The third-order valence-corrected chi connectivity index (χ3v) is 7.69. The number of nitriles is 1. The van der Waals surface area contributed by atoms with E-state index in [9.17, 15) is 10.1 Å². The predicted octanol–water partition coefficient (Wildman–Crippen LogP) is 3.40. The fourth-order valence-electron chi connectivity index (χ4n) is 5.53. The first-order valence-corrected chi connectivity index (χ1v) is 13.0. The van der Waals surface area contributed by atoms with E-state index in [0.717, 1.165) is 76.0 Å². The number of carbonyl (C=O) groups is 1. The zero-order valence-electron chi connectivity index (χ0n) is 21.0. The molecule has 3 aromatic rings. The Bertz CT molecular complexity index is 1350. The Labute approximate surface area is 215 Å². The number of ether oxygens (including phenoxy) is 2. The highest BCUT2D eigenvalue weighted by molar-refractivity contribution is 5.95. The fourth-order valence-corrected chi connectivity index (χ4v) is 5.53. The van der Waals surface area contributed by atoms with Crippen molar-refractivity contribution in [1.29, 1.82) is 5.26 Å². The SMILES string of the molecule is COc1cc(C(=O)N2CCC(N3CCOCC3)CC2)cnc1Nc1cc(C2CC2)c2c(C#N)c[nH]c2n1. The number of rotatable bonds is 6. The quantitative estimate of drug-likeness (QED) is 0.528. The number of hydrogen-bond donors (Lipinski definition) is 2. The largest absolute Gasteiger partial charge is 0.493 e. The summed E-state index contributed by atoms with van der Waals surface area (Å²) in [6, 6.07) is 6.51. The molecule has 37 heavy (non-hydrogen) atoms. The van der Waals surface area contributed by atoms with Crippen LogP contribution in [0.15, 0.2) is 24.5 Å². The van der Waals surface area contributed by atoms with Crippen LogP contribution in [0.4, 0.5) is 11.6 Å². The van der Waals surface area contributed by atoms with Gasteiger partial charge in [-0.3, -0.25) is 9.69 Å². The first-order chi connectivity index (χ1) is 18.1. The van der Waals surface area contributed by atoms with Gasteiger partial charge in [0.25, 0.3) is 5.91 Å². The van der Waals surface area contributed by atoms with Crippen molar-refractivity contribution in [2.24, 2.45) is 0 Å². The van der Waals surface area contributed by atoms with Crippen molar-refractivity contribution >= 4 is 28.6 Å². The lowest BCUT2D eigenvalue weighted by Crippen LogP contribution is -2.50. The number of carbonyl (C=O) groups excluding carboxylic acids is 1. The molecule has 192 valence electrons. The number of fused-ring (bicyclic) bond motifs is 1. The normalized spacial score (nSPS) is 19.1. The molecule has 2 saturated heterocycles. The van der Waals surface area contributed by atoms with Gasteiger partial charge in [-0.25, -0.2) is 9.97 Å². The average molecular weight is 502 g/mol. The predicted molar refractivity (Wildman–Crippen MR) is 138 cm³/mol. The molecule has 3 aliphatic rings. The Morgan fingerprint density at radius 1 is 1.19 bits per heavy atom. The van der Waals surface area contributed by atoms with E-state index in [4.69, 9.17) is 9.47 Å². The Morgan fingerprint density at radius 3 is 2.68 bits per heavy atom. The number of morpholine rings is 1. The lowest BCUT2D eigenvalue weighted by Gasteiger charge is -2.40. The first-order valence-electron chi connectivity index (χ1n) is 13.0. The van der Waals surface area contributed by atoms with Gasteiger partial charge in [0.2, 0.25) is 0 Å². The molecular weight excluding hydrogens is 470 g/mol. The van der Waals surface area contributed by atoms with Crippen LogP contribution in [-0.2, 0) is 4.74 Å². The van der Waals surface area contributed by atoms with Gasteiger partial charge in [0.05, 0.1) is 31.5 Å². The molecule has 0 atom stereocenters. The third-order valence-electron chi connectivity index (χ3n) is 7.69. The van der Waals surface area contributed by atoms with Gasteiger partial charge in [0, 0.05) is 50.0 Å². The van der Waals surface area contributed by atoms with Crippen molar-refractivity contribution in [3.8, 4) is 11.8 Å². The van der Waals surface area contributed by atoms with Crippen LogP contribution in [0.25, 0.3) is 11.0 Å². The van der Waals surface area contributed by atoms with Crippen LogP contribution in [0.3, 0.4) is 0 Å². The van der Waals surface area contributed by atoms with E-state index in [2.05, 4.69) is 31.2 Å². The molecule has 0 unspecified atom stereocenters. The number of methoxy groups -OCH3 is 1. The lowest BCUT2D eigenvalue weighted by molar-refractivity contribution is 0.00158. The lowest BCUT2D eigenvalue weighted by atomic mass is 10.0. The molecule has 10 heteroatoms. The minimum atomic E-state index is -0.0243. The van der Waals surface area contributed by atoms with Crippen LogP contribution in [0.2, 0.25) is 0 Å². The number of hydrogen-bond acceptors (Lipinski definition) is 8. The third kappa shape index (κ3) is 4.72. The van der Waals surface area contributed by atoms with E-state index >= 15 is 0 Å². The van der Waals surface area contributed by atoms with Gasteiger partial charge in [-0.15, -0.1) is 0 Å². The number of piperidine rings is 1. The molecule has 0 bridgehead atoms. The standard InChI is InChI=1S/C27H31N7O3/c1-36-22-12-18(27(35)34-6-4-20(5-7-34)33-8-10-37-11-9-33)15-29-25(22)31-23-13-21(17-2-3-17)24-19(14-28)16-30-26(24)32-23/h12-13,15-17,20H,2-11H2,1H3,(H2,29,30,31,32). The second-order valence-electron chi connectivity index (χ2n) is 9.98. The Kier molecular flexibility index (Phi) is 6.40. The topological polar surface area (TPSA) is 119 Å². The highest BCUT2D eigenvalue weighted by atomic mass is 16.5. The van der Waals surface area contributed by atoms with Crippen LogP contribution in [0.5, 0.6) is 5.75 Å². The molecule has 1 amide bonds. The molecule has 1 aliphatic carbocycles. The zero-order valence-corrected chi connectivity index (χ0v) is 21.0. The number of nitrogens with one attached hydrogen (secondary N) is 2. The van der Waals surface area contributed by atoms with E-state index < -0.39 is 0 Å². The molecular formula is C27H31N7O3. The summed E-state index contributed by atoms with van der Waals surface area (Å²) in [7, 11) is 1.57. The van der Waals surface area contributed by atoms with Crippen LogP contribution >= 0.6 is 0 Å². The van der Waals surface area contributed by atoms with Gasteiger partial charge in [-0.05, 0) is 49.3 Å². The molecule has 6 rings (SSSR count). The average Bonchev–Trinajstić information content (AvgIpc) is 3.72. The molecule has 3 aromatic heterocycles. The van der Waals surface area contributed by atoms with Crippen LogP contribution < -0.4 is 10.1 Å². The summed E-state index contributed by atoms with van der Waals surface area (Å²) in [5.74, 6) is 2.01. The number of amides is 1. The van der Waals surface area contributed by atoms with E-state index in [0.29, 0.717) is 46.1 Å². The smallest absolute Gasteiger partial charge is 0.255 e. The number of nitrogens with zero attached hydrogens (tertiary/aromatic N) is 5. The Hall–Kier alpha value is -3.68. The van der Waals surface area contributed by atoms with Crippen LogP contribution in [0, 0.1) is 11.3 Å². The summed E-state index contributed by atoms with van der Waals surface area (Å²) < 4.78 is 11.1. The maximum atomic E-state index is 13.3. The van der Waals surface area contributed by atoms with Crippen molar-refractivity contribution < 1.29 is 14.3 Å². The highest BCUT2D eigenvalue weighted by Crippen LogP contribution is 2.44. The highest BCUT2D eigenvalue weighted by Gasteiger charge is 2.30. The second-order valence-corrected chi connectivity index (χ2v) is 9.98. The van der Waals surface area contributed by atoms with Gasteiger partial charge in [-0.1, -0.05) is 0 Å². The molecule has 0 aromatic carbocycles. The fraction of sp³-hybridized carbons (Fsp3) is 0.481. The number of likely N-dealkylation sites (tertiary alicyclic amines) is 1. The Morgan fingerprint density at radius 2 is 1.97 bits per heavy atom. The van der Waals surface area contributed by atoms with Crippen LogP contribution in [0.1, 0.15) is 53.1 Å². The summed E-state index contributed by atoms with van der Waals surface area (Å²) in [5.41, 5.74) is 2.92. The summed E-state index contributed by atoms with van der Waals surface area (Å²) in [6.45, 7) is 5.00. The number of aromatic amines is 1. The molecule has 10 nitrogen and oxygen atoms in total. The van der Waals surface area contributed by atoms with E-state index in [-0.39, 0.29) is 5.91 Å². The molecule has 5 heterocycles. The van der Waals surface area contributed by atoms with Gasteiger partial charge in [0.1, 0.15) is 17.5 Å². The minimum Gasteiger partial charge on any atom is -0.493 e. The van der Waals surface area contributed by atoms with Crippen molar-refractivity contribution in [3.05, 3.63) is 41.2 Å². The monoisotopic (exact) mass is 501 g/mol. The van der Waals surface area contributed by atoms with Gasteiger partial charge < -0.3 is 24.7 Å². The van der Waals surface area contributed by atoms with Crippen molar-refractivity contribution in [1.82, 2.24) is 24.8 Å².